The van der Waals surface area contributed by atoms with E-state index in [-0.39, 0.29) is 22.8 Å². The minimum absolute atomic E-state index is 0.156. The van der Waals surface area contributed by atoms with Gasteiger partial charge in [-0.2, -0.15) is 0 Å². The van der Waals surface area contributed by atoms with E-state index in [1.54, 1.807) is 7.11 Å². The first-order valence-corrected chi connectivity index (χ1v) is 7.02. The van der Waals surface area contributed by atoms with E-state index in [0.29, 0.717) is 6.42 Å². The first kappa shape index (κ1) is 15.3. The third-order valence-electron chi connectivity index (χ3n) is 3.80. The van der Waals surface area contributed by atoms with E-state index < -0.39 is 12.0 Å². The van der Waals surface area contributed by atoms with Crippen molar-refractivity contribution in [2.75, 3.05) is 7.11 Å². The van der Waals surface area contributed by atoms with Crippen molar-refractivity contribution in [3.63, 3.8) is 0 Å². The minimum Gasteiger partial charge on any atom is -0.497 e. The summed E-state index contributed by atoms with van der Waals surface area (Å²) in [5, 5.41) is 13.6. The molecule has 0 heterocycles. The Morgan fingerprint density at radius 1 is 1.38 bits per heavy atom. The van der Waals surface area contributed by atoms with Gasteiger partial charge >= 0.3 is 0 Å². The van der Waals surface area contributed by atoms with E-state index in [4.69, 9.17) is 4.74 Å². The van der Waals surface area contributed by atoms with Gasteiger partial charge in [0.1, 0.15) is 11.7 Å². The summed E-state index contributed by atoms with van der Waals surface area (Å²) in [5.74, 6) is 0.226. The standard InChI is InChI=1S/C15H20N2O4/c1-9(2)14(10-4-6-11(21-3)7-5-10)16-15(18)12-8-13(12)17(19)20/h4-7,9,12-14H,8H2,1-3H3,(H,16,18)/t12-,13+,14-/m1/s1. The zero-order valence-corrected chi connectivity index (χ0v) is 12.4. The summed E-state index contributed by atoms with van der Waals surface area (Å²) in [6, 6.07) is 6.62. The van der Waals surface area contributed by atoms with Gasteiger partial charge in [-0.3, -0.25) is 14.9 Å². The van der Waals surface area contributed by atoms with Crippen molar-refractivity contribution >= 4 is 5.91 Å². The highest BCUT2D eigenvalue weighted by molar-refractivity contribution is 5.82. The molecule has 1 aliphatic carbocycles. The van der Waals surface area contributed by atoms with Gasteiger partial charge in [0.05, 0.1) is 13.2 Å². The van der Waals surface area contributed by atoms with Crippen molar-refractivity contribution in [1.82, 2.24) is 5.32 Å². The molecule has 0 spiro atoms. The molecule has 6 heteroatoms. The fourth-order valence-corrected chi connectivity index (χ4v) is 2.40. The molecule has 1 aromatic carbocycles. The Balaban J connectivity index is 2.05. The molecule has 1 aliphatic rings. The number of carbonyl (C=O) groups excluding carboxylic acids is 1. The van der Waals surface area contributed by atoms with Crippen LogP contribution in [-0.4, -0.2) is 24.0 Å². The van der Waals surface area contributed by atoms with Gasteiger partial charge in [-0.05, 0) is 23.6 Å². The SMILES string of the molecule is COc1ccc([C@H](NC(=O)[C@@H]2C[C@@H]2[N+](=O)[O-])C(C)C)cc1. The summed E-state index contributed by atoms with van der Waals surface area (Å²) in [6.45, 7) is 4.01. The Hall–Kier alpha value is -2.11. The Bertz CT molecular complexity index is 527. The van der Waals surface area contributed by atoms with Crippen LogP contribution < -0.4 is 10.1 Å². The third-order valence-corrected chi connectivity index (χ3v) is 3.80. The first-order chi connectivity index (χ1) is 9.93. The lowest BCUT2D eigenvalue weighted by Gasteiger charge is -2.23. The second kappa shape index (κ2) is 6.11. The van der Waals surface area contributed by atoms with Crippen LogP contribution in [0.1, 0.15) is 31.9 Å². The molecule has 1 fully saturated rings. The van der Waals surface area contributed by atoms with Crippen molar-refractivity contribution in [2.45, 2.75) is 32.4 Å². The third kappa shape index (κ3) is 3.51. The molecule has 1 N–H and O–H groups in total. The first-order valence-electron chi connectivity index (χ1n) is 7.02. The van der Waals surface area contributed by atoms with Gasteiger partial charge in [0.25, 0.3) is 0 Å². The van der Waals surface area contributed by atoms with E-state index in [1.807, 2.05) is 38.1 Å². The van der Waals surface area contributed by atoms with Crippen molar-refractivity contribution in [3.8, 4) is 5.75 Å². The molecular formula is C15H20N2O4. The van der Waals surface area contributed by atoms with E-state index in [1.165, 1.54) is 0 Å². The van der Waals surface area contributed by atoms with Crippen LogP contribution in [0, 0.1) is 22.0 Å². The number of rotatable bonds is 6. The molecule has 0 bridgehead atoms. The van der Waals surface area contributed by atoms with Crippen molar-refractivity contribution < 1.29 is 14.5 Å². The van der Waals surface area contributed by atoms with E-state index >= 15 is 0 Å². The molecule has 6 nitrogen and oxygen atoms in total. The molecule has 0 aliphatic heterocycles. The monoisotopic (exact) mass is 292 g/mol. The molecule has 1 aromatic rings. The average Bonchev–Trinajstić information content (AvgIpc) is 3.25. The number of nitrogens with zero attached hydrogens (tertiary/aromatic N) is 1. The second-order valence-electron chi connectivity index (χ2n) is 5.70. The number of hydrogen-bond donors (Lipinski definition) is 1. The predicted molar refractivity (Wildman–Crippen MR) is 77.6 cm³/mol. The lowest BCUT2D eigenvalue weighted by molar-refractivity contribution is -0.497. The number of hydrogen-bond acceptors (Lipinski definition) is 4. The molecule has 0 aromatic heterocycles. The van der Waals surface area contributed by atoms with Crippen LogP contribution >= 0.6 is 0 Å². The Morgan fingerprint density at radius 2 is 2.00 bits per heavy atom. The number of nitro groups is 1. The quantitative estimate of drug-likeness (QED) is 0.643. The van der Waals surface area contributed by atoms with Crippen molar-refractivity contribution in [3.05, 3.63) is 39.9 Å². The summed E-state index contributed by atoms with van der Waals surface area (Å²) in [7, 11) is 1.60. The summed E-state index contributed by atoms with van der Waals surface area (Å²) >= 11 is 0. The van der Waals surface area contributed by atoms with Crippen LogP contribution in [0.5, 0.6) is 5.75 Å². The topological polar surface area (TPSA) is 81.5 Å². The van der Waals surface area contributed by atoms with Crippen LogP contribution in [0.2, 0.25) is 0 Å². The van der Waals surface area contributed by atoms with E-state index in [2.05, 4.69) is 5.32 Å². The van der Waals surface area contributed by atoms with Gasteiger partial charge in [0.15, 0.2) is 0 Å². The fourth-order valence-electron chi connectivity index (χ4n) is 2.40. The van der Waals surface area contributed by atoms with Crippen LogP contribution in [-0.2, 0) is 4.79 Å². The number of benzene rings is 1. The van der Waals surface area contributed by atoms with Crippen molar-refractivity contribution in [1.29, 1.82) is 0 Å². The molecule has 0 unspecified atom stereocenters. The average molecular weight is 292 g/mol. The number of methoxy groups -OCH3 is 1. The predicted octanol–water partition coefficient (Wildman–Crippen LogP) is 2.17. The molecule has 2 rings (SSSR count). The fraction of sp³-hybridized carbons (Fsp3) is 0.533. The van der Waals surface area contributed by atoms with Gasteiger partial charge < -0.3 is 10.1 Å². The molecule has 3 atom stereocenters. The minimum atomic E-state index is -0.714. The van der Waals surface area contributed by atoms with Gasteiger partial charge in [-0.15, -0.1) is 0 Å². The van der Waals surface area contributed by atoms with Gasteiger partial charge in [0, 0.05) is 11.3 Å². The molecule has 21 heavy (non-hydrogen) atoms. The number of ether oxygens (including phenoxy) is 1. The van der Waals surface area contributed by atoms with Crippen LogP contribution in [0.25, 0.3) is 0 Å². The van der Waals surface area contributed by atoms with Crippen LogP contribution in [0.3, 0.4) is 0 Å². The lowest BCUT2D eigenvalue weighted by atomic mass is 9.95. The number of carbonyl (C=O) groups is 1. The van der Waals surface area contributed by atoms with E-state index in [9.17, 15) is 14.9 Å². The molecule has 0 radical (unpaired) electrons. The van der Waals surface area contributed by atoms with Crippen molar-refractivity contribution in [2.24, 2.45) is 11.8 Å². The van der Waals surface area contributed by atoms with Crippen LogP contribution in [0.15, 0.2) is 24.3 Å². The molecule has 114 valence electrons. The number of amides is 1. The zero-order chi connectivity index (χ0) is 15.6. The zero-order valence-electron chi connectivity index (χ0n) is 12.4. The lowest BCUT2D eigenvalue weighted by Crippen LogP contribution is -2.34. The van der Waals surface area contributed by atoms with Gasteiger partial charge in [-0.1, -0.05) is 26.0 Å². The smallest absolute Gasteiger partial charge is 0.230 e. The van der Waals surface area contributed by atoms with Gasteiger partial charge in [0.2, 0.25) is 11.9 Å². The summed E-state index contributed by atoms with van der Waals surface area (Å²) < 4.78 is 5.12. The molecule has 1 saturated carbocycles. The summed E-state index contributed by atoms with van der Waals surface area (Å²) in [5.41, 5.74) is 0.970. The second-order valence-corrected chi connectivity index (χ2v) is 5.70. The Kier molecular flexibility index (Phi) is 4.45. The van der Waals surface area contributed by atoms with Crippen LogP contribution in [0.4, 0.5) is 0 Å². The Labute approximate surface area is 123 Å². The normalized spacial score (nSPS) is 21.7. The maximum atomic E-state index is 12.1. The molecule has 0 saturated heterocycles. The summed E-state index contributed by atoms with van der Waals surface area (Å²) in [6.07, 6.45) is 0.340. The maximum absolute atomic E-state index is 12.1. The molecular weight excluding hydrogens is 272 g/mol. The summed E-state index contributed by atoms with van der Waals surface area (Å²) in [4.78, 5) is 22.4. The highest BCUT2D eigenvalue weighted by Crippen LogP contribution is 2.34. The van der Waals surface area contributed by atoms with E-state index in [0.717, 1.165) is 11.3 Å². The molecule has 1 amide bonds. The Morgan fingerprint density at radius 3 is 2.43 bits per heavy atom. The number of nitrogens with one attached hydrogen (secondary N) is 1. The highest BCUT2D eigenvalue weighted by atomic mass is 16.6. The largest absolute Gasteiger partial charge is 0.497 e. The van der Waals surface area contributed by atoms with Gasteiger partial charge in [-0.25, -0.2) is 0 Å². The maximum Gasteiger partial charge on any atom is 0.230 e. The highest BCUT2D eigenvalue weighted by Gasteiger charge is 2.53.